The summed E-state index contributed by atoms with van der Waals surface area (Å²) >= 11 is 0. The molecule has 1 heterocycles. The monoisotopic (exact) mass is 249 g/mol. The Morgan fingerprint density at radius 2 is 1.89 bits per heavy atom. The minimum absolute atomic E-state index is 0.161. The molecule has 0 bridgehead atoms. The van der Waals surface area contributed by atoms with Crippen molar-refractivity contribution in [3.05, 3.63) is 48.2 Å². The highest BCUT2D eigenvalue weighted by Crippen LogP contribution is 2.23. The molecule has 0 aliphatic heterocycles. The predicted molar refractivity (Wildman–Crippen MR) is 68.0 cm³/mol. The SMILES string of the molecule is CCNc1cc(Nc2c(F)cccc2F)ccn1. The topological polar surface area (TPSA) is 37.0 Å². The quantitative estimate of drug-likeness (QED) is 0.870. The number of anilines is 3. The van der Waals surface area contributed by atoms with Crippen molar-refractivity contribution >= 4 is 17.2 Å². The molecule has 94 valence electrons. The molecule has 2 rings (SSSR count). The molecule has 0 fully saturated rings. The lowest BCUT2D eigenvalue weighted by atomic mass is 10.2. The zero-order valence-corrected chi connectivity index (χ0v) is 9.87. The molecule has 1 aromatic heterocycles. The fourth-order valence-electron chi connectivity index (χ4n) is 1.55. The summed E-state index contributed by atoms with van der Waals surface area (Å²) < 4.78 is 26.9. The molecule has 3 nitrogen and oxygen atoms in total. The average molecular weight is 249 g/mol. The average Bonchev–Trinajstić information content (AvgIpc) is 2.35. The third-order valence-corrected chi connectivity index (χ3v) is 2.35. The highest BCUT2D eigenvalue weighted by Gasteiger charge is 2.08. The lowest BCUT2D eigenvalue weighted by molar-refractivity contribution is 0.591. The molecule has 0 atom stereocenters. The van der Waals surface area contributed by atoms with E-state index in [1.165, 1.54) is 18.2 Å². The van der Waals surface area contributed by atoms with Crippen LogP contribution in [0, 0.1) is 11.6 Å². The number of hydrogen-bond acceptors (Lipinski definition) is 3. The van der Waals surface area contributed by atoms with Gasteiger partial charge < -0.3 is 10.6 Å². The van der Waals surface area contributed by atoms with Crippen molar-refractivity contribution in [3.63, 3.8) is 0 Å². The first-order chi connectivity index (χ1) is 8.70. The van der Waals surface area contributed by atoms with Crippen molar-refractivity contribution in [2.45, 2.75) is 6.92 Å². The lowest BCUT2D eigenvalue weighted by Crippen LogP contribution is -2.01. The zero-order chi connectivity index (χ0) is 13.0. The Morgan fingerprint density at radius 1 is 1.17 bits per heavy atom. The maximum absolute atomic E-state index is 13.5. The van der Waals surface area contributed by atoms with Crippen LogP contribution in [0.25, 0.3) is 0 Å². The third-order valence-electron chi connectivity index (χ3n) is 2.35. The molecule has 0 aliphatic rings. The number of hydrogen-bond donors (Lipinski definition) is 2. The lowest BCUT2D eigenvalue weighted by Gasteiger charge is -2.10. The first-order valence-electron chi connectivity index (χ1n) is 5.61. The summed E-state index contributed by atoms with van der Waals surface area (Å²) in [5.41, 5.74) is 0.413. The van der Waals surface area contributed by atoms with E-state index in [0.717, 1.165) is 6.54 Å². The largest absolute Gasteiger partial charge is 0.370 e. The summed E-state index contributed by atoms with van der Waals surface area (Å²) in [6.07, 6.45) is 1.57. The van der Waals surface area contributed by atoms with Gasteiger partial charge in [-0.1, -0.05) is 6.07 Å². The number of nitrogens with zero attached hydrogens (tertiary/aromatic N) is 1. The van der Waals surface area contributed by atoms with Crippen LogP contribution in [-0.4, -0.2) is 11.5 Å². The van der Waals surface area contributed by atoms with Crippen LogP contribution in [0.2, 0.25) is 0 Å². The molecule has 0 aliphatic carbocycles. The second-order valence-corrected chi connectivity index (χ2v) is 3.68. The van der Waals surface area contributed by atoms with E-state index in [0.29, 0.717) is 11.5 Å². The number of pyridine rings is 1. The standard InChI is InChI=1S/C13H13F2N3/c1-2-16-12-8-9(6-7-17-12)18-13-10(14)4-3-5-11(13)15/h3-8H,2H2,1H3,(H2,16,17,18). The molecular weight excluding hydrogens is 236 g/mol. The van der Waals surface area contributed by atoms with Crippen LogP contribution < -0.4 is 10.6 Å². The van der Waals surface area contributed by atoms with Gasteiger partial charge in [-0.2, -0.15) is 0 Å². The summed E-state index contributed by atoms with van der Waals surface area (Å²) in [7, 11) is 0. The summed E-state index contributed by atoms with van der Waals surface area (Å²) in [5.74, 6) is -0.604. The second-order valence-electron chi connectivity index (χ2n) is 3.68. The molecule has 0 unspecified atom stereocenters. The molecule has 1 aromatic carbocycles. The van der Waals surface area contributed by atoms with E-state index in [-0.39, 0.29) is 5.69 Å². The van der Waals surface area contributed by atoms with E-state index in [1.807, 2.05) is 6.92 Å². The Bertz CT molecular complexity index is 523. The summed E-state index contributed by atoms with van der Waals surface area (Å²) in [6, 6.07) is 7.07. The molecule has 0 spiro atoms. The number of para-hydroxylation sites is 1. The van der Waals surface area contributed by atoms with Gasteiger partial charge in [0.2, 0.25) is 0 Å². The van der Waals surface area contributed by atoms with Crippen LogP contribution in [0.1, 0.15) is 6.92 Å². The van der Waals surface area contributed by atoms with Gasteiger partial charge in [-0.25, -0.2) is 13.8 Å². The minimum atomic E-state index is -0.628. The molecule has 2 aromatic rings. The summed E-state index contributed by atoms with van der Waals surface area (Å²) in [4.78, 5) is 4.08. The molecule has 2 N–H and O–H groups in total. The molecular formula is C13H13F2N3. The molecule has 0 saturated carbocycles. The molecule has 0 amide bonds. The second kappa shape index (κ2) is 5.44. The van der Waals surface area contributed by atoms with Crippen LogP contribution in [0.4, 0.5) is 26.0 Å². The molecule has 5 heteroatoms. The number of nitrogens with one attached hydrogen (secondary N) is 2. The molecule has 18 heavy (non-hydrogen) atoms. The Hall–Kier alpha value is -2.17. The van der Waals surface area contributed by atoms with Crippen molar-refractivity contribution < 1.29 is 8.78 Å². The van der Waals surface area contributed by atoms with E-state index in [4.69, 9.17) is 0 Å². The Kier molecular flexibility index (Phi) is 3.72. The number of aromatic nitrogens is 1. The maximum Gasteiger partial charge on any atom is 0.149 e. The number of benzene rings is 1. The first kappa shape index (κ1) is 12.3. The van der Waals surface area contributed by atoms with Crippen LogP contribution in [0.5, 0.6) is 0 Å². The fourth-order valence-corrected chi connectivity index (χ4v) is 1.55. The Balaban J connectivity index is 2.26. The Morgan fingerprint density at radius 3 is 2.56 bits per heavy atom. The highest BCUT2D eigenvalue weighted by molar-refractivity contribution is 5.63. The van der Waals surface area contributed by atoms with Crippen LogP contribution in [0.15, 0.2) is 36.5 Å². The van der Waals surface area contributed by atoms with Crippen molar-refractivity contribution in [2.75, 3.05) is 17.2 Å². The first-order valence-corrected chi connectivity index (χ1v) is 5.61. The highest BCUT2D eigenvalue weighted by atomic mass is 19.1. The van der Waals surface area contributed by atoms with E-state index in [9.17, 15) is 8.78 Å². The Labute approximate surface area is 104 Å². The van der Waals surface area contributed by atoms with Gasteiger partial charge in [0.05, 0.1) is 0 Å². The van der Waals surface area contributed by atoms with Gasteiger partial charge in [0.1, 0.15) is 23.1 Å². The van der Waals surface area contributed by atoms with Crippen LogP contribution >= 0.6 is 0 Å². The molecule has 0 saturated heterocycles. The van der Waals surface area contributed by atoms with E-state index < -0.39 is 11.6 Å². The molecule has 0 radical (unpaired) electrons. The normalized spacial score (nSPS) is 10.2. The van der Waals surface area contributed by atoms with Crippen LogP contribution in [-0.2, 0) is 0 Å². The third kappa shape index (κ3) is 2.74. The smallest absolute Gasteiger partial charge is 0.149 e. The van der Waals surface area contributed by atoms with E-state index in [2.05, 4.69) is 15.6 Å². The van der Waals surface area contributed by atoms with E-state index in [1.54, 1.807) is 18.3 Å². The van der Waals surface area contributed by atoms with Gasteiger partial charge in [0, 0.05) is 24.5 Å². The fraction of sp³-hybridized carbons (Fsp3) is 0.154. The summed E-state index contributed by atoms with van der Waals surface area (Å²) in [5, 5.41) is 5.73. The van der Waals surface area contributed by atoms with Crippen molar-refractivity contribution in [1.29, 1.82) is 0 Å². The van der Waals surface area contributed by atoms with Gasteiger partial charge in [0.15, 0.2) is 0 Å². The van der Waals surface area contributed by atoms with Gasteiger partial charge in [0.25, 0.3) is 0 Å². The number of rotatable bonds is 4. The van der Waals surface area contributed by atoms with Gasteiger partial charge >= 0.3 is 0 Å². The van der Waals surface area contributed by atoms with Crippen molar-refractivity contribution in [1.82, 2.24) is 4.98 Å². The van der Waals surface area contributed by atoms with Crippen molar-refractivity contribution in [2.24, 2.45) is 0 Å². The van der Waals surface area contributed by atoms with Gasteiger partial charge in [-0.3, -0.25) is 0 Å². The minimum Gasteiger partial charge on any atom is -0.370 e. The predicted octanol–water partition coefficient (Wildman–Crippen LogP) is 3.54. The summed E-state index contributed by atoms with van der Waals surface area (Å²) in [6.45, 7) is 2.67. The van der Waals surface area contributed by atoms with Crippen molar-refractivity contribution in [3.8, 4) is 0 Å². The van der Waals surface area contributed by atoms with Crippen LogP contribution in [0.3, 0.4) is 0 Å². The maximum atomic E-state index is 13.5. The zero-order valence-electron chi connectivity index (χ0n) is 9.87. The van der Waals surface area contributed by atoms with Gasteiger partial charge in [-0.05, 0) is 25.1 Å². The van der Waals surface area contributed by atoms with E-state index >= 15 is 0 Å². The van der Waals surface area contributed by atoms with Gasteiger partial charge in [-0.15, -0.1) is 0 Å². The number of halogens is 2.